The van der Waals surface area contributed by atoms with Crippen LogP contribution in [0.4, 0.5) is 5.69 Å². The van der Waals surface area contributed by atoms with E-state index >= 15 is 0 Å². The second kappa shape index (κ2) is 4.05. The summed E-state index contributed by atoms with van der Waals surface area (Å²) in [6.07, 6.45) is 5.21. The number of nitrogens with one attached hydrogen (secondary N) is 2. The Morgan fingerprint density at radius 2 is 2.42 bits per heavy atom. The minimum absolute atomic E-state index is 0.0846. The van der Waals surface area contributed by atoms with Crippen molar-refractivity contribution in [2.75, 3.05) is 11.9 Å². The van der Waals surface area contributed by atoms with E-state index in [-0.39, 0.29) is 23.3 Å². The van der Waals surface area contributed by atoms with Gasteiger partial charge in [-0.05, 0) is 12.8 Å². The molecule has 0 unspecified atom stereocenters. The van der Waals surface area contributed by atoms with Gasteiger partial charge in [0.25, 0.3) is 0 Å². The van der Waals surface area contributed by atoms with Gasteiger partial charge < -0.3 is 15.8 Å². The fourth-order valence-electron chi connectivity index (χ4n) is 3.59. The van der Waals surface area contributed by atoms with Crippen molar-refractivity contribution in [1.82, 2.24) is 10.2 Å². The highest BCUT2D eigenvalue weighted by Gasteiger charge is 2.70. The van der Waals surface area contributed by atoms with Crippen LogP contribution in [0.5, 0.6) is 0 Å². The molecule has 1 aromatic heterocycles. The third kappa shape index (κ3) is 1.56. The van der Waals surface area contributed by atoms with Gasteiger partial charge in [0.05, 0.1) is 18.0 Å². The number of ether oxygens (including phenoxy) is 1. The summed E-state index contributed by atoms with van der Waals surface area (Å²) >= 11 is 0. The average Bonchev–Trinajstić information content (AvgIpc) is 2.90. The first kappa shape index (κ1) is 12.6. The molecule has 1 aliphatic carbocycles. The summed E-state index contributed by atoms with van der Waals surface area (Å²) in [5.74, 6) is -0.0474. The van der Waals surface area contributed by atoms with E-state index < -0.39 is 5.54 Å². The molecule has 0 radical (unpaired) electrons. The maximum atomic E-state index is 12.6. The molecule has 3 rings (SSSR count). The van der Waals surface area contributed by atoms with Crippen LogP contribution in [-0.2, 0) is 9.53 Å². The summed E-state index contributed by atoms with van der Waals surface area (Å²) in [5.41, 5.74) is 5.88. The molecule has 2 aliphatic rings. The van der Waals surface area contributed by atoms with E-state index in [0.717, 1.165) is 19.4 Å². The third-order valence-corrected chi connectivity index (χ3v) is 4.82. The number of nitrogens with two attached hydrogens (primary N) is 1. The quantitative estimate of drug-likeness (QED) is 0.739. The summed E-state index contributed by atoms with van der Waals surface area (Å²) < 4.78 is 5.79. The first-order valence-corrected chi connectivity index (χ1v) is 6.68. The van der Waals surface area contributed by atoms with Crippen LogP contribution in [0.1, 0.15) is 26.7 Å². The fourth-order valence-corrected chi connectivity index (χ4v) is 3.59. The summed E-state index contributed by atoms with van der Waals surface area (Å²) in [5, 5.41) is 9.32. The van der Waals surface area contributed by atoms with Crippen molar-refractivity contribution >= 4 is 11.6 Å². The molecule has 6 heteroatoms. The van der Waals surface area contributed by atoms with Gasteiger partial charge in [0.1, 0.15) is 5.54 Å². The van der Waals surface area contributed by atoms with Gasteiger partial charge in [-0.15, -0.1) is 0 Å². The molecule has 104 valence electrons. The molecule has 19 heavy (non-hydrogen) atoms. The zero-order valence-electron chi connectivity index (χ0n) is 11.3. The highest BCUT2D eigenvalue weighted by molar-refractivity contribution is 6.00. The molecule has 0 bridgehead atoms. The van der Waals surface area contributed by atoms with Gasteiger partial charge in [-0.1, -0.05) is 13.8 Å². The van der Waals surface area contributed by atoms with E-state index in [1.54, 1.807) is 12.4 Å². The van der Waals surface area contributed by atoms with Crippen molar-refractivity contribution in [2.45, 2.75) is 38.3 Å². The monoisotopic (exact) mass is 264 g/mol. The Morgan fingerprint density at radius 3 is 3.11 bits per heavy atom. The number of aromatic amines is 1. The van der Waals surface area contributed by atoms with Gasteiger partial charge in [-0.2, -0.15) is 5.10 Å². The number of fused-ring (bicyclic) bond motifs is 1. The lowest BCUT2D eigenvalue weighted by Crippen LogP contribution is -2.81. The smallest absolute Gasteiger partial charge is 0.245 e. The van der Waals surface area contributed by atoms with Crippen molar-refractivity contribution < 1.29 is 9.53 Å². The third-order valence-electron chi connectivity index (χ3n) is 4.82. The number of aromatic nitrogens is 2. The van der Waals surface area contributed by atoms with Crippen molar-refractivity contribution in [3.05, 3.63) is 12.4 Å². The van der Waals surface area contributed by atoms with E-state index in [4.69, 9.17) is 10.5 Å². The first-order chi connectivity index (χ1) is 8.98. The van der Waals surface area contributed by atoms with E-state index in [1.165, 1.54) is 0 Å². The molecule has 1 saturated carbocycles. The second-order valence-electron chi connectivity index (χ2n) is 6.07. The Balaban J connectivity index is 1.83. The Morgan fingerprint density at radius 1 is 1.63 bits per heavy atom. The second-order valence-corrected chi connectivity index (χ2v) is 6.07. The van der Waals surface area contributed by atoms with Crippen LogP contribution in [0.25, 0.3) is 0 Å². The normalized spacial score (nSPS) is 36.2. The van der Waals surface area contributed by atoms with E-state index in [0.29, 0.717) is 5.69 Å². The lowest BCUT2D eigenvalue weighted by atomic mass is 9.46. The topological polar surface area (TPSA) is 93.0 Å². The highest BCUT2D eigenvalue weighted by Crippen LogP contribution is 2.57. The van der Waals surface area contributed by atoms with E-state index in [1.807, 2.05) is 13.8 Å². The molecule has 0 spiro atoms. The van der Waals surface area contributed by atoms with Gasteiger partial charge in [-0.25, -0.2) is 0 Å². The molecule has 4 N–H and O–H groups in total. The average molecular weight is 264 g/mol. The van der Waals surface area contributed by atoms with E-state index in [9.17, 15) is 4.79 Å². The Labute approximate surface area is 112 Å². The van der Waals surface area contributed by atoms with Gasteiger partial charge in [0.2, 0.25) is 5.91 Å². The molecule has 3 atom stereocenters. The number of nitrogens with zero attached hydrogens (tertiary/aromatic N) is 1. The van der Waals surface area contributed by atoms with Crippen LogP contribution in [0.2, 0.25) is 0 Å². The summed E-state index contributed by atoms with van der Waals surface area (Å²) in [6.45, 7) is 4.78. The van der Waals surface area contributed by atoms with Crippen LogP contribution in [0, 0.1) is 11.3 Å². The fraction of sp³-hybridized carbons (Fsp3) is 0.692. The summed E-state index contributed by atoms with van der Waals surface area (Å²) in [4.78, 5) is 12.6. The van der Waals surface area contributed by atoms with Crippen LogP contribution in [0.15, 0.2) is 12.4 Å². The van der Waals surface area contributed by atoms with Crippen molar-refractivity contribution in [3.63, 3.8) is 0 Å². The van der Waals surface area contributed by atoms with Crippen molar-refractivity contribution in [1.29, 1.82) is 0 Å². The molecule has 1 saturated heterocycles. The molecule has 1 aliphatic heterocycles. The standard InChI is InChI=1S/C13H20N4O2/c1-12(2)10-9(4-3-5-19-10)13(12,14)11(18)17-8-6-15-16-7-8/h6-7,9-10H,3-5,14H2,1-2H3,(H,15,16)(H,17,18)/t9-,10+,13-/m0/s1. The Kier molecular flexibility index (Phi) is 2.69. The molecule has 2 heterocycles. The number of hydrogen-bond acceptors (Lipinski definition) is 4. The predicted octanol–water partition coefficient (Wildman–Crippen LogP) is 0.881. The maximum absolute atomic E-state index is 12.6. The number of H-pyrrole nitrogens is 1. The number of hydrogen-bond donors (Lipinski definition) is 3. The highest BCUT2D eigenvalue weighted by atomic mass is 16.5. The number of anilines is 1. The summed E-state index contributed by atoms with van der Waals surface area (Å²) in [7, 11) is 0. The van der Waals surface area contributed by atoms with Crippen LogP contribution < -0.4 is 11.1 Å². The number of rotatable bonds is 2. The first-order valence-electron chi connectivity index (χ1n) is 6.68. The molecule has 0 aromatic carbocycles. The number of carbonyl (C=O) groups is 1. The Hall–Kier alpha value is -1.40. The molecule has 6 nitrogen and oxygen atoms in total. The Bertz CT molecular complexity index is 485. The zero-order chi connectivity index (χ0) is 13.7. The minimum atomic E-state index is -0.880. The largest absolute Gasteiger partial charge is 0.377 e. The van der Waals surface area contributed by atoms with Gasteiger partial charge in [-0.3, -0.25) is 9.89 Å². The molecular formula is C13H20N4O2. The maximum Gasteiger partial charge on any atom is 0.245 e. The zero-order valence-corrected chi connectivity index (χ0v) is 11.3. The lowest BCUT2D eigenvalue weighted by Gasteiger charge is -2.65. The predicted molar refractivity (Wildman–Crippen MR) is 70.4 cm³/mol. The van der Waals surface area contributed by atoms with Crippen molar-refractivity contribution in [2.24, 2.45) is 17.1 Å². The molecule has 1 amide bonds. The summed E-state index contributed by atoms with van der Waals surface area (Å²) in [6, 6.07) is 0. The van der Waals surface area contributed by atoms with Crippen molar-refractivity contribution in [3.8, 4) is 0 Å². The van der Waals surface area contributed by atoms with Gasteiger partial charge in [0.15, 0.2) is 0 Å². The van der Waals surface area contributed by atoms with Gasteiger partial charge >= 0.3 is 0 Å². The minimum Gasteiger partial charge on any atom is -0.377 e. The number of amides is 1. The van der Waals surface area contributed by atoms with Crippen LogP contribution in [0.3, 0.4) is 0 Å². The molecule has 1 aromatic rings. The lowest BCUT2D eigenvalue weighted by molar-refractivity contribution is -0.222. The van der Waals surface area contributed by atoms with Gasteiger partial charge in [0, 0.05) is 24.1 Å². The van der Waals surface area contributed by atoms with Crippen LogP contribution >= 0.6 is 0 Å². The SMILES string of the molecule is CC1(C)[C@@H]2OCCC[C@@H]2[C@]1(N)C(=O)Nc1cn[nH]c1. The number of carbonyl (C=O) groups excluding carboxylic acids is 1. The van der Waals surface area contributed by atoms with Crippen LogP contribution in [-0.4, -0.2) is 34.4 Å². The molecule has 2 fully saturated rings. The molecular weight excluding hydrogens is 244 g/mol. The van der Waals surface area contributed by atoms with E-state index in [2.05, 4.69) is 15.5 Å².